The van der Waals surface area contributed by atoms with Gasteiger partial charge in [0.05, 0.1) is 6.61 Å². The van der Waals surface area contributed by atoms with Crippen molar-refractivity contribution in [2.45, 2.75) is 24.9 Å². The molecule has 6 nitrogen and oxygen atoms in total. The molecule has 7 heteroatoms. The Balaban J connectivity index is 2.06. The van der Waals surface area contributed by atoms with Gasteiger partial charge in [-0.2, -0.15) is 11.8 Å². The molecule has 1 saturated carbocycles. The summed E-state index contributed by atoms with van der Waals surface area (Å²) in [5, 5.41) is 18.2. The zero-order chi connectivity index (χ0) is 13.1. The van der Waals surface area contributed by atoms with Crippen molar-refractivity contribution in [3.63, 3.8) is 0 Å². The summed E-state index contributed by atoms with van der Waals surface area (Å²) >= 11 is 1.56. The molecule has 2 amide bonds. The fourth-order valence-electron chi connectivity index (χ4n) is 2.13. The van der Waals surface area contributed by atoms with E-state index in [1.165, 1.54) is 4.90 Å². The quantitative estimate of drug-likeness (QED) is 0.758. The lowest BCUT2D eigenvalue weighted by Gasteiger charge is -2.36. The van der Waals surface area contributed by atoms with Gasteiger partial charge in [0.15, 0.2) is 0 Å². The number of urea groups is 1. The zero-order valence-electron chi connectivity index (χ0n) is 10.1. The molecule has 2 rings (SSSR count). The number of carbonyl (C=O) groups excluding carboxylic acids is 1. The molecular weight excluding hydrogens is 256 g/mol. The minimum absolute atomic E-state index is 0.0808. The second-order valence-electron chi connectivity index (χ2n) is 4.55. The summed E-state index contributed by atoms with van der Waals surface area (Å²) < 4.78 is 0. The molecule has 1 aliphatic heterocycles. The van der Waals surface area contributed by atoms with Crippen LogP contribution in [0, 0.1) is 0 Å². The van der Waals surface area contributed by atoms with E-state index in [9.17, 15) is 9.59 Å². The van der Waals surface area contributed by atoms with Crippen molar-refractivity contribution in [3.8, 4) is 0 Å². The Morgan fingerprint density at radius 1 is 1.39 bits per heavy atom. The lowest BCUT2D eigenvalue weighted by Crippen LogP contribution is -2.55. The minimum atomic E-state index is -0.949. The van der Waals surface area contributed by atoms with E-state index < -0.39 is 12.0 Å². The van der Waals surface area contributed by atoms with E-state index in [-0.39, 0.29) is 18.7 Å². The van der Waals surface area contributed by atoms with Crippen molar-refractivity contribution in [2.24, 2.45) is 0 Å². The highest BCUT2D eigenvalue weighted by Crippen LogP contribution is 2.29. The van der Waals surface area contributed by atoms with Crippen molar-refractivity contribution in [2.75, 3.05) is 31.2 Å². The Hall–Kier alpha value is -0.950. The first-order valence-electron chi connectivity index (χ1n) is 6.13. The summed E-state index contributed by atoms with van der Waals surface area (Å²) in [4.78, 5) is 26.6. The molecule has 0 spiro atoms. The highest BCUT2D eigenvalue weighted by atomic mass is 32.2. The van der Waals surface area contributed by atoms with Crippen LogP contribution in [0.15, 0.2) is 0 Å². The Bertz CT molecular complexity index is 335. The fourth-order valence-corrected chi connectivity index (χ4v) is 3.17. The molecule has 1 aliphatic carbocycles. The third-order valence-electron chi connectivity index (χ3n) is 3.23. The van der Waals surface area contributed by atoms with E-state index in [1.54, 1.807) is 16.7 Å². The SMILES string of the molecule is O=C(O)C1CSCCN1C(=O)N(CCO)C1CC1. The molecule has 102 valence electrons. The number of carboxylic acids is 1. The molecule has 1 unspecified atom stereocenters. The van der Waals surface area contributed by atoms with Crippen LogP contribution in [-0.2, 0) is 4.79 Å². The molecule has 0 aromatic carbocycles. The molecular formula is C11H18N2O4S. The van der Waals surface area contributed by atoms with Crippen LogP contribution in [0.2, 0.25) is 0 Å². The molecule has 0 radical (unpaired) electrons. The van der Waals surface area contributed by atoms with Gasteiger partial charge in [-0.15, -0.1) is 0 Å². The second kappa shape index (κ2) is 5.79. The molecule has 1 atom stereocenters. The topological polar surface area (TPSA) is 81.1 Å². The number of rotatable bonds is 4. The van der Waals surface area contributed by atoms with E-state index in [0.29, 0.717) is 18.8 Å². The number of thioether (sulfide) groups is 1. The van der Waals surface area contributed by atoms with Gasteiger partial charge in [-0.25, -0.2) is 9.59 Å². The van der Waals surface area contributed by atoms with Crippen molar-refractivity contribution in [1.82, 2.24) is 9.80 Å². The van der Waals surface area contributed by atoms with Crippen molar-refractivity contribution < 1.29 is 19.8 Å². The molecule has 18 heavy (non-hydrogen) atoms. The third-order valence-corrected chi connectivity index (χ3v) is 4.26. The van der Waals surface area contributed by atoms with E-state index in [4.69, 9.17) is 10.2 Å². The number of carbonyl (C=O) groups is 2. The summed E-state index contributed by atoms with van der Waals surface area (Å²) in [7, 11) is 0. The predicted molar refractivity (Wildman–Crippen MR) is 67.7 cm³/mol. The van der Waals surface area contributed by atoms with Crippen LogP contribution in [0.5, 0.6) is 0 Å². The molecule has 1 saturated heterocycles. The Labute approximate surface area is 110 Å². The second-order valence-corrected chi connectivity index (χ2v) is 5.70. The summed E-state index contributed by atoms with van der Waals surface area (Å²) in [6, 6.07) is -0.788. The van der Waals surface area contributed by atoms with Gasteiger partial charge in [-0.05, 0) is 12.8 Å². The molecule has 0 aromatic heterocycles. The lowest BCUT2D eigenvalue weighted by molar-refractivity contribution is -0.141. The van der Waals surface area contributed by atoms with Crippen LogP contribution >= 0.6 is 11.8 Å². The Kier molecular flexibility index (Phi) is 4.34. The average Bonchev–Trinajstić information content (AvgIpc) is 3.19. The van der Waals surface area contributed by atoms with Crippen LogP contribution < -0.4 is 0 Å². The Morgan fingerprint density at radius 3 is 2.67 bits per heavy atom. The minimum Gasteiger partial charge on any atom is -0.480 e. The number of hydrogen-bond donors (Lipinski definition) is 2. The maximum Gasteiger partial charge on any atom is 0.327 e. The van der Waals surface area contributed by atoms with Crippen LogP contribution in [0.4, 0.5) is 4.79 Å². The van der Waals surface area contributed by atoms with Crippen LogP contribution in [-0.4, -0.2) is 75.3 Å². The molecule has 0 aromatic rings. The fraction of sp³-hybridized carbons (Fsp3) is 0.818. The highest BCUT2D eigenvalue weighted by molar-refractivity contribution is 7.99. The van der Waals surface area contributed by atoms with Gasteiger partial charge in [0, 0.05) is 30.6 Å². The number of nitrogens with zero attached hydrogens (tertiary/aromatic N) is 2. The highest BCUT2D eigenvalue weighted by Gasteiger charge is 2.39. The summed E-state index contributed by atoms with van der Waals surface area (Å²) in [5.41, 5.74) is 0. The molecule has 1 heterocycles. The van der Waals surface area contributed by atoms with Crippen molar-refractivity contribution >= 4 is 23.8 Å². The van der Waals surface area contributed by atoms with Gasteiger partial charge < -0.3 is 20.0 Å². The monoisotopic (exact) mass is 274 g/mol. The number of aliphatic hydroxyl groups excluding tert-OH is 1. The molecule has 2 N–H and O–H groups in total. The molecule has 0 bridgehead atoms. The first-order valence-corrected chi connectivity index (χ1v) is 7.29. The number of carboxylic acid groups (broad SMARTS) is 1. The molecule has 2 fully saturated rings. The number of hydrogen-bond acceptors (Lipinski definition) is 4. The summed E-state index contributed by atoms with van der Waals surface area (Å²) in [6.45, 7) is 0.678. The third kappa shape index (κ3) is 2.89. The largest absolute Gasteiger partial charge is 0.480 e. The van der Waals surface area contributed by atoms with Gasteiger partial charge >= 0.3 is 12.0 Å². The van der Waals surface area contributed by atoms with Gasteiger partial charge in [-0.3, -0.25) is 0 Å². The number of aliphatic hydroxyl groups is 1. The van der Waals surface area contributed by atoms with Gasteiger partial charge in [0.1, 0.15) is 6.04 Å². The van der Waals surface area contributed by atoms with Crippen LogP contribution in [0.1, 0.15) is 12.8 Å². The zero-order valence-corrected chi connectivity index (χ0v) is 10.9. The Morgan fingerprint density at radius 2 is 2.11 bits per heavy atom. The van der Waals surface area contributed by atoms with E-state index in [0.717, 1.165) is 18.6 Å². The summed E-state index contributed by atoms with van der Waals surface area (Å²) in [6.07, 6.45) is 1.90. The average molecular weight is 274 g/mol. The summed E-state index contributed by atoms with van der Waals surface area (Å²) in [5.74, 6) is 0.265. The molecule has 2 aliphatic rings. The lowest BCUT2D eigenvalue weighted by atomic mass is 10.3. The van der Waals surface area contributed by atoms with Gasteiger partial charge in [0.2, 0.25) is 0 Å². The van der Waals surface area contributed by atoms with Crippen molar-refractivity contribution in [3.05, 3.63) is 0 Å². The maximum atomic E-state index is 12.4. The van der Waals surface area contributed by atoms with Crippen LogP contribution in [0.25, 0.3) is 0 Å². The maximum absolute atomic E-state index is 12.4. The number of amides is 2. The van der Waals surface area contributed by atoms with Gasteiger partial charge in [-0.1, -0.05) is 0 Å². The normalized spacial score (nSPS) is 23.8. The standard InChI is InChI=1S/C11H18N2O4S/c14-5-3-12(8-1-2-8)11(17)13-4-6-18-7-9(13)10(15)16/h8-9,14H,1-7H2,(H,15,16). The smallest absolute Gasteiger partial charge is 0.327 e. The van der Waals surface area contributed by atoms with Crippen molar-refractivity contribution in [1.29, 1.82) is 0 Å². The van der Waals surface area contributed by atoms with E-state index in [1.807, 2.05) is 0 Å². The first kappa shape index (κ1) is 13.5. The van der Waals surface area contributed by atoms with E-state index >= 15 is 0 Å². The van der Waals surface area contributed by atoms with Crippen LogP contribution in [0.3, 0.4) is 0 Å². The first-order chi connectivity index (χ1) is 8.65. The van der Waals surface area contributed by atoms with Gasteiger partial charge in [0.25, 0.3) is 0 Å². The predicted octanol–water partition coefficient (Wildman–Crippen LogP) is 0.0651. The van der Waals surface area contributed by atoms with E-state index in [2.05, 4.69) is 0 Å². The number of aliphatic carboxylic acids is 1.